The summed E-state index contributed by atoms with van der Waals surface area (Å²) in [5, 5.41) is 110. The molecule has 0 saturated carbocycles. The molecule has 0 aliphatic heterocycles. The Labute approximate surface area is 370 Å². The van der Waals surface area contributed by atoms with Crippen LogP contribution in [0.4, 0.5) is 11.4 Å². The molecule has 14 N–H and O–H groups in total. The van der Waals surface area contributed by atoms with Gasteiger partial charge in [0.1, 0.15) is 0 Å². The van der Waals surface area contributed by atoms with Crippen LogP contribution in [0.25, 0.3) is 0 Å². The number of hydrogen-bond donors (Lipinski definition) is 14. The monoisotopic (exact) mass is 908 g/mol. The summed E-state index contributed by atoms with van der Waals surface area (Å²) in [6.45, 7) is 4.69. The summed E-state index contributed by atoms with van der Waals surface area (Å²) in [5.41, 5.74) is -0.0341. The summed E-state index contributed by atoms with van der Waals surface area (Å²) in [5.74, 6) is -4.84. The summed E-state index contributed by atoms with van der Waals surface area (Å²) in [6, 6.07) is -2.24. The third-order valence-electron chi connectivity index (χ3n) is 10.8. The van der Waals surface area contributed by atoms with Crippen molar-refractivity contribution in [1.29, 1.82) is 0 Å². The second kappa shape index (κ2) is 24.8. The number of aliphatic hydroxyl groups excluding tert-OH is 10. The van der Waals surface area contributed by atoms with E-state index < -0.39 is 138 Å². The van der Waals surface area contributed by atoms with Crippen molar-refractivity contribution in [2.24, 2.45) is 0 Å². The average molecular weight is 909 g/mol. The Morgan fingerprint density at radius 3 is 0.938 bits per heavy atom. The van der Waals surface area contributed by atoms with Gasteiger partial charge in [0.15, 0.2) is 0 Å². The van der Waals surface area contributed by atoms with E-state index in [9.17, 15) is 79.8 Å². The van der Waals surface area contributed by atoms with Gasteiger partial charge in [-0.25, -0.2) is 0 Å². The van der Waals surface area contributed by atoms with E-state index in [4.69, 9.17) is 0 Å². The number of benzene rings is 2. The first kappa shape index (κ1) is 55.0. The van der Waals surface area contributed by atoms with Gasteiger partial charge >= 0.3 is 0 Å². The minimum absolute atomic E-state index is 0.0535. The Morgan fingerprint density at radius 2 is 0.703 bits per heavy atom. The van der Waals surface area contributed by atoms with Crippen molar-refractivity contribution in [2.45, 2.75) is 91.9 Å². The standard InChI is InChI=1S/C42H64N6O16/c1-19-33(39(61)43-9-29(57)17-53)21(3)37(23(5)35(19)41(63)45-27(13-49)14-50)47(25(7)55)11-31(59)32(60)12-48(26(8)56)38-22(4)34(40(62)44-10-30(58)18-54)20(2)36(24(38)6)42(64)46-28(15-51)16-52/h27-32,49-54,57-60H,9-18H2,1-8H3,(H,43,61)(H,44,62)(H,45,63)(H,46,64). The Hall–Kier alpha value is -5.14. The van der Waals surface area contributed by atoms with E-state index >= 15 is 0 Å². The number of nitrogens with zero attached hydrogens (tertiary/aromatic N) is 2. The number of carbonyl (C=O) groups is 6. The van der Waals surface area contributed by atoms with Crippen LogP contribution in [0.15, 0.2) is 0 Å². The summed E-state index contributed by atoms with van der Waals surface area (Å²) in [6.07, 6.45) is -6.47. The molecular formula is C42H64N6O16. The minimum atomic E-state index is -1.89. The molecule has 0 aromatic heterocycles. The van der Waals surface area contributed by atoms with Gasteiger partial charge in [-0.1, -0.05) is 0 Å². The van der Waals surface area contributed by atoms with Crippen molar-refractivity contribution in [3.05, 3.63) is 55.6 Å². The zero-order chi connectivity index (χ0) is 48.9. The second-order valence-electron chi connectivity index (χ2n) is 15.5. The fourth-order valence-electron chi connectivity index (χ4n) is 7.50. The highest BCUT2D eigenvalue weighted by atomic mass is 16.3. The van der Waals surface area contributed by atoms with E-state index in [0.29, 0.717) is 0 Å². The van der Waals surface area contributed by atoms with Crippen molar-refractivity contribution in [3.63, 3.8) is 0 Å². The molecule has 0 saturated heterocycles. The number of carbonyl (C=O) groups excluding carboxylic acids is 6. The highest BCUT2D eigenvalue weighted by molar-refractivity contribution is 6.09. The first-order chi connectivity index (χ1) is 30.0. The Bertz CT molecular complexity index is 1880. The number of rotatable bonds is 23. The second-order valence-corrected chi connectivity index (χ2v) is 15.5. The number of hydrogen-bond acceptors (Lipinski definition) is 16. The van der Waals surface area contributed by atoms with Crippen LogP contribution in [-0.4, -0.2) is 189 Å². The van der Waals surface area contributed by atoms with E-state index in [1.54, 1.807) is 0 Å². The van der Waals surface area contributed by atoms with E-state index in [1.807, 2.05) is 0 Å². The van der Waals surface area contributed by atoms with Crippen LogP contribution in [0.2, 0.25) is 0 Å². The number of anilines is 2. The van der Waals surface area contributed by atoms with Crippen molar-refractivity contribution in [3.8, 4) is 0 Å². The zero-order valence-electron chi connectivity index (χ0n) is 37.4. The Kier molecular flexibility index (Phi) is 21.3. The third-order valence-corrected chi connectivity index (χ3v) is 10.8. The summed E-state index contributed by atoms with van der Waals surface area (Å²) < 4.78 is 0. The molecule has 22 heteroatoms. The smallest absolute Gasteiger partial charge is 0.252 e. The molecule has 0 fully saturated rings. The largest absolute Gasteiger partial charge is 0.394 e. The quantitative estimate of drug-likeness (QED) is 0.0505. The lowest BCUT2D eigenvalue weighted by Gasteiger charge is -2.34. The molecule has 0 radical (unpaired) electrons. The predicted octanol–water partition coefficient (Wildman–Crippen LogP) is -4.00. The molecule has 0 bridgehead atoms. The average Bonchev–Trinajstić information content (AvgIpc) is 3.24. The Balaban J connectivity index is 2.82. The van der Waals surface area contributed by atoms with Gasteiger partial charge in [0.2, 0.25) is 11.8 Å². The molecule has 2 rings (SSSR count). The van der Waals surface area contributed by atoms with Crippen LogP contribution in [0.5, 0.6) is 0 Å². The van der Waals surface area contributed by atoms with Crippen LogP contribution in [0.1, 0.15) is 88.7 Å². The van der Waals surface area contributed by atoms with Crippen molar-refractivity contribution >= 4 is 46.8 Å². The van der Waals surface area contributed by atoms with Crippen LogP contribution >= 0.6 is 0 Å². The van der Waals surface area contributed by atoms with Crippen LogP contribution < -0.4 is 31.1 Å². The molecule has 64 heavy (non-hydrogen) atoms. The van der Waals surface area contributed by atoms with Gasteiger partial charge in [-0.05, 0) is 74.9 Å². The molecular weight excluding hydrogens is 844 g/mol. The lowest BCUT2D eigenvalue weighted by molar-refractivity contribution is -0.118. The highest BCUT2D eigenvalue weighted by Gasteiger charge is 2.35. The molecule has 6 amide bonds. The van der Waals surface area contributed by atoms with Gasteiger partial charge in [0, 0.05) is 49.2 Å². The molecule has 0 aliphatic rings. The molecule has 2 aromatic rings. The van der Waals surface area contributed by atoms with Gasteiger partial charge in [-0.15, -0.1) is 0 Å². The lowest BCUT2D eigenvalue weighted by atomic mass is 9.89. The fourth-order valence-corrected chi connectivity index (χ4v) is 7.50. The van der Waals surface area contributed by atoms with Crippen molar-refractivity contribution in [2.75, 3.05) is 75.6 Å². The third kappa shape index (κ3) is 13.0. The molecule has 4 atom stereocenters. The van der Waals surface area contributed by atoms with Gasteiger partial charge in [0.25, 0.3) is 23.6 Å². The van der Waals surface area contributed by atoms with Gasteiger partial charge in [0.05, 0.1) is 101 Å². The predicted molar refractivity (Wildman–Crippen MR) is 231 cm³/mol. The number of aliphatic hydroxyl groups is 10. The SMILES string of the molecule is CC(=O)N(CC(O)C(O)CN(C(C)=O)c1c(C)c(C(=O)NCC(O)CO)c(C)c(C(=O)NC(CO)CO)c1C)c1c(C)c(C(=O)NCC(O)CO)c(C)c(C(=O)NC(CO)CO)c1C. The maximum atomic E-state index is 13.7. The molecule has 358 valence electrons. The molecule has 4 unspecified atom stereocenters. The minimum Gasteiger partial charge on any atom is -0.394 e. The number of nitrogens with one attached hydrogen (secondary N) is 4. The normalized spacial score (nSPS) is 13.2. The zero-order valence-corrected chi connectivity index (χ0v) is 37.4. The van der Waals surface area contributed by atoms with Gasteiger partial charge in [-0.2, -0.15) is 0 Å². The van der Waals surface area contributed by atoms with E-state index in [2.05, 4.69) is 21.3 Å². The summed E-state index contributed by atoms with van der Waals surface area (Å²) in [4.78, 5) is 83.7. The lowest BCUT2D eigenvalue weighted by Crippen LogP contribution is -2.48. The van der Waals surface area contributed by atoms with Crippen LogP contribution in [-0.2, 0) is 9.59 Å². The number of amides is 6. The molecule has 0 heterocycles. The first-order valence-electron chi connectivity index (χ1n) is 20.4. The maximum absolute atomic E-state index is 13.7. The first-order valence-corrected chi connectivity index (χ1v) is 20.4. The molecule has 2 aromatic carbocycles. The van der Waals surface area contributed by atoms with Crippen LogP contribution in [0, 0.1) is 41.5 Å². The summed E-state index contributed by atoms with van der Waals surface area (Å²) >= 11 is 0. The highest BCUT2D eigenvalue weighted by Crippen LogP contribution is 2.37. The molecule has 0 spiro atoms. The van der Waals surface area contributed by atoms with Crippen LogP contribution in [0.3, 0.4) is 0 Å². The topological polar surface area (TPSA) is 359 Å². The molecule has 0 aliphatic carbocycles. The van der Waals surface area contributed by atoms with E-state index in [1.165, 1.54) is 41.5 Å². The maximum Gasteiger partial charge on any atom is 0.252 e. The van der Waals surface area contributed by atoms with E-state index in [0.717, 1.165) is 23.6 Å². The van der Waals surface area contributed by atoms with E-state index in [-0.39, 0.29) is 67.0 Å². The van der Waals surface area contributed by atoms with Gasteiger partial charge in [-0.3, -0.25) is 28.8 Å². The summed E-state index contributed by atoms with van der Waals surface area (Å²) in [7, 11) is 0. The van der Waals surface area contributed by atoms with Crippen molar-refractivity contribution < 1.29 is 79.8 Å². The van der Waals surface area contributed by atoms with Gasteiger partial charge < -0.3 is 82.1 Å². The van der Waals surface area contributed by atoms with Crippen molar-refractivity contribution in [1.82, 2.24) is 21.3 Å². The Morgan fingerprint density at radius 1 is 0.438 bits per heavy atom. The molecule has 22 nitrogen and oxygen atoms in total. The fraction of sp³-hybridized carbons (Fsp3) is 0.571.